The molecule has 3 aliphatic rings. The Morgan fingerprint density at radius 2 is 1.88 bits per heavy atom. The predicted octanol–water partition coefficient (Wildman–Crippen LogP) is 7.93. The Morgan fingerprint density at radius 1 is 1.05 bits per heavy atom. The number of carbonyl (C=O) groups is 1. The molecule has 0 radical (unpaired) electrons. The van der Waals surface area contributed by atoms with Crippen LogP contribution < -0.4 is 10.5 Å². The molecule has 1 aliphatic heterocycles. The molecule has 0 spiro atoms. The second kappa shape index (κ2) is 9.93. The van der Waals surface area contributed by atoms with Crippen molar-refractivity contribution in [3.05, 3.63) is 77.1 Å². The molecule has 8 rings (SSSR count). The Kier molecular flexibility index (Phi) is 6.21. The second-order valence-electron chi connectivity index (χ2n) is 12.8. The van der Waals surface area contributed by atoms with E-state index in [0.29, 0.717) is 23.0 Å². The first-order chi connectivity index (χ1) is 20.8. The lowest BCUT2D eigenvalue weighted by Crippen LogP contribution is -2.41. The molecule has 3 aromatic carbocycles. The van der Waals surface area contributed by atoms with Gasteiger partial charge in [-0.1, -0.05) is 24.3 Å². The van der Waals surface area contributed by atoms with Gasteiger partial charge in [0.15, 0.2) is 0 Å². The van der Waals surface area contributed by atoms with Crippen LogP contribution in [0.2, 0.25) is 0 Å². The lowest BCUT2D eigenvalue weighted by molar-refractivity contribution is 0.0700. The van der Waals surface area contributed by atoms with E-state index < -0.39 is 0 Å². The zero-order chi connectivity index (χ0) is 29.6. The van der Waals surface area contributed by atoms with E-state index in [2.05, 4.69) is 41.8 Å². The fourth-order valence-electron chi connectivity index (χ4n) is 7.60. The molecule has 2 bridgehead atoms. The third-order valence-corrected chi connectivity index (χ3v) is 11.5. The Morgan fingerprint density at radius 3 is 2.60 bits per heavy atom. The van der Waals surface area contributed by atoms with Crippen LogP contribution in [0.1, 0.15) is 47.2 Å². The highest BCUT2D eigenvalue weighted by Crippen LogP contribution is 2.46. The SMILES string of the molecule is COc1cc(C(=O)N2CC3CCC2[C@@H]3N)cc2sc(-c3cc4ccc(-c5cccc(F)c5C)cc4n3CC3CC3)c(C)c12. The molecule has 5 aromatic rings. The number of halogens is 1. The van der Waals surface area contributed by atoms with E-state index in [1.165, 1.54) is 45.9 Å². The molecule has 2 aliphatic carbocycles. The summed E-state index contributed by atoms with van der Waals surface area (Å²) < 4.78 is 23.9. The fraction of sp³-hybridized carbons (Fsp3) is 0.361. The minimum Gasteiger partial charge on any atom is -0.496 e. The van der Waals surface area contributed by atoms with Crippen LogP contribution in [0.3, 0.4) is 0 Å². The molecule has 2 unspecified atom stereocenters. The number of aryl methyl sites for hydroxylation is 1. The van der Waals surface area contributed by atoms with Crippen LogP contribution in [0.25, 0.3) is 42.7 Å². The first-order valence-corrected chi connectivity index (χ1v) is 16.2. The van der Waals surface area contributed by atoms with E-state index in [9.17, 15) is 9.18 Å². The molecule has 1 saturated heterocycles. The van der Waals surface area contributed by atoms with E-state index in [0.717, 1.165) is 52.9 Å². The van der Waals surface area contributed by atoms with Gasteiger partial charge in [-0.05, 0) is 104 Å². The average molecular weight is 594 g/mol. The van der Waals surface area contributed by atoms with Gasteiger partial charge in [0.2, 0.25) is 0 Å². The maximum absolute atomic E-state index is 14.5. The number of nitrogens with two attached hydrogens (primary N) is 1. The molecule has 2 saturated carbocycles. The number of amides is 1. The maximum atomic E-state index is 14.5. The molecule has 3 heterocycles. The van der Waals surface area contributed by atoms with E-state index in [1.807, 2.05) is 24.0 Å². The van der Waals surface area contributed by atoms with E-state index >= 15 is 0 Å². The van der Waals surface area contributed by atoms with Crippen LogP contribution in [-0.2, 0) is 6.54 Å². The van der Waals surface area contributed by atoms with Crippen LogP contribution in [0.15, 0.2) is 54.6 Å². The van der Waals surface area contributed by atoms with E-state index in [-0.39, 0.29) is 23.8 Å². The maximum Gasteiger partial charge on any atom is 0.254 e. The van der Waals surface area contributed by atoms with Gasteiger partial charge in [0.05, 0.1) is 17.7 Å². The molecule has 43 heavy (non-hydrogen) atoms. The van der Waals surface area contributed by atoms with Gasteiger partial charge in [-0.15, -0.1) is 11.3 Å². The minimum atomic E-state index is -0.181. The summed E-state index contributed by atoms with van der Waals surface area (Å²) in [5.41, 5.74) is 13.2. The largest absolute Gasteiger partial charge is 0.496 e. The molecule has 220 valence electrons. The Bertz CT molecular complexity index is 1940. The molecule has 1 amide bonds. The number of piperidine rings is 1. The number of likely N-dealkylation sites (tertiary alicyclic amines) is 1. The van der Waals surface area contributed by atoms with Crippen molar-refractivity contribution in [1.29, 1.82) is 0 Å². The minimum absolute atomic E-state index is 0.0541. The summed E-state index contributed by atoms with van der Waals surface area (Å²) in [7, 11) is 1.69. The van der Waals surface area contributed by atoms with Gasteiger partial charge in [0, 0.05) is 51.7 Å². The lowest BCUT2D eigenvalue weighted by Gasteiger charge is -2.27. The highest BCUT2D eigenvalue weighted by Gasteiger charge is 2.47. The molecular formula is C36H36FN3O2S. The van der Waals surface area contributed by atoms with Crippen molar-refractivity contribution in [2.24, 2.45) is 17.6 Å². The summed E-state index contributed by atoms with van der Waals surface area (Å²) in [5, 5.41) is 2.24. The number of benzene rings is 3. The summed E-state index contributed by atoms with van der Waals surface area (Å²) in [6, 6.07) is 18.3. The molecule has 3 fully saturated rings. The van der Waals surface area contributed by atoms with Crippen LogP contribution in [0, 0.1) is 31.5 Å². The van der Waals surface area contributed by atoms with Gasteiger partial charge in [-0.25, -0.2) is 4.39 Å². The van der Waals surface area contributed by atoms with Crippen molar-refractivity contribution in [3.8, 4) is 27.4 Å². The zero-order valence-electron chi connectivity index (χ0n) is 24.8. The molecule has 5 nitrogen and oxygen atoms in total. The monoisotopic (exact) mass is 593 g/mol. The Hall–Kier alpha value is -3.68. The molecule has 7 heteroatoms. The summed E-state index contributed by atoms with van der Waals surface area (Å²) >= 11 is 1.73. The standard InChI is InChI=1S/C36H36FN3O2S/c1-19-26(5-4-6-27(19)37)22-9-10-23-14-30(39(29(23)13-22)17-21-7-8-21)35-20(2)33-31(42-3)15-25(16-32(33)43-35)36(41)40-18-24-11-12-28(40)34(24)38/h4-6,9-10,13-16,21,24,28,34H,7-8,11-12,17-18,38H2,1-3H3/t24?,28?,34-/m1/s1. The van der Waals surface area contributed by atoms with Crippen molar-refractivity contribution >= 4 is 38.2 Å². The van der Waals surface area contributed by atoms with Crippen LogP contribution in [0.5, 0.6) is 5.75 Å². The second-order valence-corrected chi connectivity index (χ2v) is 13.9. The number of ether oxygens (including phenoxy) is 1. The summed E-state index contributed by atoms with van der Waals surface area (Å²) in [6.07, 6.45) is 4.60. The van der Waals surface area contributed by atoms with Crippen molar-refractivity contribution in [3.63, 3.8) is 0 Å². The number of hydrogen-bond acceptors (Lipinski definition) is 4. The quantitative estimate of drug-likeness (QED) is 0.218. The Labute approximate surface area is 255 Å². The van der Waals surface area contributed by atoms with Gasteiger partial charge in [-0.3, -0.25) is 4.79 Å². The first kappa shape index (κ1) is 26.9. The summed E-state index contributed by atoms with van der Waals surface area (Å²) in [4.78, 5) is 16.9. The lowest BCUT2D eigenvalue weighted by atomic mass is 9.99. The third kappa shape index (κ3) is 4.23. The number of rotatable bonds is 6. The van der Waals surface area contributed by atoms with Crippen molar-refractivity contribution < 1.29 is 13.9 Å². The highest BCUT2D eigenvalue weighted by molar-refractivity contribution is 7.22. The average Bonchev–Trinajstić information content (AvgIpc) is 3.42. The van der Waals surface area contributed by atoms with Gasteiger partial charge in [-0.2, -0.15) is 0 Å². The highest BCUT2D eigenvalue weighted by atomic mass is 32.1. The molecule has 2 N–H and O–H groups in total. The van der Waals surface area contributed by atoms with Crippen molar-refractivity contribution in [1.82, 2.24) is 9.47 Å². The number of nitrogens with zero attached hydrogens (tertiary/aromatic N) is 2. The van der Waals surface area contributed by atoms with Crippen LogP contribution in [-0.4, -0.2) is 41.1 Å². The molecule has 3 atom stereocenters. The Balaban J connectivity index is 1.25. The predicted molar refractivity (Wildman–Crippen MR) is 172 cm³/mol. The van der Waals surface area contributed by atoms with Gasteiger partial charge >= 0.3 is 0 Å². The van der Waals surface area contributed by atoms with Gasteiger partial charge in [0.1, 0.15) is 11.6 Å². The van der Waals surface area contributed by atoms with E-state index in [4.69, 9.17) is 10.5 Å². The molecule has 2 aromatic heterocycles. The number of hydrogen-bond donors (Lipinski definition) is 1. The van der Waals surface area contributed by atoms with Crippen LogP contribution >= 0.6 is 11.3 Å². The van der Waals surface area contributed by atoms with Crippen molar-refractivity contribution in [2.75, 3.05) is 13.7 Å². The van der Waals surface area contributed by atoms with E-state index in [1.54, 1.807) is 24.5 Å². The summed E-state index contributed by atoms with van der Waals surface area (Å²) in [6.45, 7) is 5.71. The smallest absolute Gasteiger partial charge is 0.254 e. The summed E-state index contributed by atoms with van der Waals surface area (Å²) in [5.74, 6) is 1.69. The number of aromatic nitrogens is 1. The first-order valence-electron chi connectivity index (χ1n) is 15.4. The van der Waals surface area contributed by atoms with Gasteiger partial charge < -0.3 is 19.9 Å². The third-order valence-electron chi connectivity index (χ3n) is 10.2. The number of carbonyl (C=O) groups excluding carboxylic acids is 1. The normalized spacial score (nSPS) is 21.4. The van der Waals surface area contributed by atoms with Gasteiger partial charge in [0.25, 0.3) is 5.91 Å². The fourth-order valence-corrected chi connectivity index (χ4v) is 8.89. The molecular weight excluding hydrogens is 557 g/mol. The topological polar surface area (TPSA) is 60.5 Å². The van der Waals surface area contributed by atoms with Crippen molar-refractivity contribution in [2.45, 2.75) is 58.2 Å². The number of methoxy groups -OCH3 is 1. The number of thiophene rings is 1. The van der Waals surface area contributed by atoms with Crippen LogP contribution in [0.4, 0.5) is 4.39 Å². The zero-order valence-corrected chi connectivity index (χ0v) is 25.6. The number of fused-ring (bicyclic) bond motifs is 4.